The molecular formula is C19H20N2O2S. The first-order chi connectivity index (χ1) is 11.7. The second-order valence-electron chi connectivity index (χ2n) is 5.56. The van der Waals surface area contributed by atoms with Gasteiger partial charge in [0.1, 0.15) is 0 Å². The van der Waals surface area contributed by atoms with Crippen LogP contribution in [0.4, 0.5) is 5.69 Å². The van der Waals surface area contributed by atoms with E-state index in [1.807, 2.05) is 25.1 Å². The van der Waals surface area contributed by atoms with Crippen molar-refractivity contribution in [2.24, 2.45) is 0 Å². The molecule has 124 valence electrons. The fraction of sp³-hybridized carbons (Fsp3) is 0.211. The fourth-order valence-electron chi connectivity index (χ4n) is 2.64. The summed E-state index contributed by atoms with van der Waals surface area (Å²) in [6.45, 7) is 2.86. The van der Waals surface area contributed by atoms with Crippen molar-refractivity contribution in [3.05, 3.63) is 64.5 Å². The Balaban J connectivity index is 1.74. The molecule has 0 fully saturated rings. The van der Waals surface area contributed by atoms with Crippen LogP contribution < -0.4 is 10.6 Å². The van der Waals surface area contributed by atoms with Crippen molar-refractivity contribution in [2.75, 3.05) is 18.5 Å². The van der Waals surface area contributed by atoms with Gasteiger partial charge in [-0.05, 0) is 42.1 Å². The maximum absolute atomic E-state index is 12.1. The van der Waals surface area contributed by atoms with E-state index >= 15 is 0 Å². The van der Waals surface area contributed by atoms with E-state index in [4.69, 9.17) is 5.11 Å². The number of aliphatic hydroxyl groups excluding tert-OH is 1. The summed E-state index contributed by atoms with van der Waals surface area (Å²) in [6.07, 6.45) is 0. The largest absolute Gasteiger partial charge is 0.395 e. The molecule has 0 spiro atoms. The van der Waals surface area contributed by atoms with E-state index in [-0.39, 0.29) is 19.1 Å². The number of rotatable bonds is 6. The second-order valence-corrected chi connectivity index (χ2v) is 6.73. The lowest BCUT2D eigenvalue weighted by Crippen LogP contribution is -2.27. The van der Waals surface area contributed by atoms with Crippen molar-refractivity contribution in [3.63, 3.8) is 0 Å². The van der Waals surface area contributed by atoms with Gasteiger partial charge < -0.3 is 15.7 Å². The summed E-state index contributed by atoms with van der Waals surface area (Å²) in [5.74, 6) is -0.160. The van der Waals surface area contributed by atoms with E-state index in [9.17, 15) is 4.79 Å². The maximum atomic E-state index is 12.1. The zero-order valence-corrected chi connectivity index (χ0v) is 14.3. The topological polar surface area (TPSA) is 61.4 Å². The van der Waals surface area contributed by atoms with Crippen LogP contribution in [0.25, 0.3) is 10.1 Å². The number of hydrogen-bond donors (Lipinski definition) is 3. The Morgan fingerprint density at radius 3 is 2.79 bits per heavy atom. The first kappa shape index (κ1) is 16.5. The standard InChI is InChI=1S/C19H20N2O2S/c1-13-16(19(23)20-9-10-22)6-4-7-17(13)21-12-15-11-14-5-2-3-8-18(14)24-15/h2-8,11,21-22H,9-10,12H2,1H3,(H,20,23). The van der Waals surface area contributed by atoms with Gasteiger partial charge in [-0.15, -0.1) is 11.3 Å². The van der Waals surface area contributed by atoms with E-state index in [1.165, 1.54) is 15.0 Å². The summed E-state index contributed by atoms with van der Waals surface area (Å²) in [4.78, 5) is 13.4. The summed E-state index contributed by atoms with van der Waals surface area (Å²) >= 11 is 1.77. The molecule has 0 atom stereocenters. The van der Waals surface area contributed by atoms with Gasteiger partial charge in [0.05, 0.1) is 6.61 Å². The molecule has 4 nitrogen and oxygen atoms in total. The SMILES string of the molecule is Cc1c(NCc2cc3ccccc3s2)cccc1C(=O)NCCO. The van der Waals surface area contributed by atoms with Crippen LogP contribution in [0.15, 0.2) is 48.5 Å². The summed E-state index contributed by atoms with van der Waals surface area (Å²) in [5, 5.41) is 16.2. The molecule has 0 aliphatic heterocycles. The summed E-state index contributed by atoms with van der Waals surface area (Å²) in [5.41, 5.74) is 2.49. The Kier molecular flexibility index (Phi) is 5.13. The number of benzene rings is 2. The number of nitrogens with one attached hydrogen (secondary N) is 2. The van der Waals surface area contributed by atoms with E-state index in [0.717, 1.165) is 17.8 Å². The zero-order valence-electron chi connectivity index (χ0n) is 13.5. The third-order valence-electron chi connectivity index (χ3n) is 3.91. The molecule has 3 aromatic rings. The molecule has 0 saturated carbocycles. The lowest BCUT2D eigenvalue weighted by Gasteiger charge is -2.12. The highest BCUT2D eigenvalue weighted by molar-refractivity contribution is 7.19. The van der Waals surface area contributed by atoms with E-state index < -0.39 is 0 Å². The highest BCUT2D eigenvalue weighted by Gasteiger charge is 2.11. The number of aliphatic hydroxyl groups is 1. The van der Waals surface area contributed by atoms with Crippen molar-refractivity contribution < 1.29 is 9.90 Å². The number of amides is 1. The Hall–Kier alpha value is -2.37. The molecule has 5 heteroatoms. The monoisotopic (exact) mass is 340 g/mol. The fourth-order valence-corrected chi connectivity index (χ4v) is 3.65. The minimum atomic E-state index is -0.160. The summed E-state index contributed by atoms with van der Waals surface area (Å²) < 4.78 is 1.28. The van der Waals surface area contributed by atoms with Crippen LogP contribution in [0.3, 0.4) is 0 Å². The highest BCUT2D eigenvalue weighted by Crippen LogP contribution is 2.27. The molecule has 3 rings (SSSR count). The van der Waals surface area contributed by atoms with Gasteiger partial charge in [0, 0.05) is 33.9 Å². The Labute approximate surface area is 145 Å². The number of anilines is 1. The van der Waals surface area contributed by atoms with Crippen LogP contribution in [0.1, 0.15) is 20.8 Å². The molecular weight excluding hydrogens is 320 g/mol. The lowest BCUT2D eigenvalue weighted by molar-refractivity contribution is 0.0944. The van der Waals surface area contributed by atoms with Gasteiger partial charge >= 0.3 is 0 Å². The molecule has 3 N–H and O–H groups in total. The number of thiophene rings is 1. The normalized spacial score (nSPS) is 10.8. The zero-order chi connectivity index (χ0) is 16.9. The van der Waals surface area contributed by atoms with Crippen LogP contribution >= 0.6 is 11.3 Å². The molecule has 24 heavy (non-hydrogen) atoms. The molecule has 1 aromatic heterocycles. The molecule has 0 unspecified atom stereocenters. The van der Waals surface area contributed by atoms with Gasteiger partial charge in [-0.25, -0.2) is 0 Å². The molecule has 0 bridgehead atoms. The quantitative estimate of drug-likeness (QED) is 0.643. The summed E-state index contributed by atoms with van der Waals surface area (Å²) in [7, 11) is 0. The van der Waals surface area contributed by atoms with Crippen molar-refractivity contribution in [3.8, 4) is 0 Å². The predicted molar refractivity (Wildman–Crippen MR) is 99.7 cm³/mol. The number of carbonyl (C=O) groups is 1. The van der Waals surface area contributed by atoms with Gasteiger partial charge in [-0.1, -0.05) is 24.3 Å². The minimum Gasteiger partial charge on any atom is -0.395 e. The first-order valence-corrected chi connectivity index (χ1v) is 8.70. The van der Waals surface area contributed by atoms with Crippen LogP contribution in [0.2, 0.25) is 0 Å². The van der Waals surface area contributed by atoms with Gasteiger partial charge in [0.25, 0.3) is 5.91 Å². The van der Waals surface area contributed by atoms with Crippen molar-refractivity contribution in [1.82, 2.24) is 5.32 Å². The first-order valence-electron chi connectivity index (χ1n) is 7.89. The van der Waals surface area contributed by atoms with Crippen molar-refractivity contribution in [1.29, 1.82) is 0 Å². The maximum Gasteiger partial charge on any atom is 0.251 e. The van der Waals surface area contributed by atoms with Crippen molar-refractivity contribution >= 4 is 33.0 Å². The molecule has 2 aromatic carbocycles. The number of fused-ring (bicyclic) bond motifs is 1. The van der Waals surface area contributed by atoms with Crippen LogP contribution in [0, 0.1) is 6.92 Å². The average Bonchev–Trinajstić information content (AvgIpc) is 3.01. The molecule has 0 aliphatic rings. The molecule has 0 aliphatic carbocycles. The van der Waals surface area contributed by atoms with Gasteiger partial charge in [-0.2, -0.15) is 0 Å². The Morgan fingerprint density at radius 2 is 2.00 bits per heavy atom. The van der Waals surface area contributed by atoms with Crippen molar-refractivity contribution in [2.45, 2.75) is 13.5 Å². The number of hydrogen-bond acceptors (Lipinski definition) is 4. The van der Waals surface area contributed by atoms with Gasteiger partial charge in [0.2, 0.25) is 0 Å². The highest BCUT2D eigenvalue weighted by atomic mass is 32.1. The average molecular weight is 340 g/mol. The smallest absolute Gasteiger partial charge is 0.251 e. The molecule has 1 heterocycles. The lowest BCUT2D eigenvalue weighted by atomic mass is 10.1. The molecule has 0 radical (unpaired) electrons. The summed E-state index contributed by atoms with van der Waals surface area (Å²) in [6, 6.07) is 16.2. The molecule has 1 amide bonds. The third kappa shape index (κ3) is 3.58. The molecule has 0 saturated heterocycles. The van der Waals surface area contributed by atoms with E-state index in [0.29, 0.717) is 5.56 Å². The third-order valence-corrected chi connectivity index (χ3v) is 5.02. The Morgan fingerprint density at radius 1 is 1.17 bits per heavy atom. The van der Waals surface area contributed by atoms with Crippen LogP contribution in [-0.4, -0.2) is 24.2 Å². The Bertz CT molecular complexity index is 824. The van der Waals surface area contributed by atoms with E-state index in [2.05, 4.69) is 34.9 Å². The van der Waals surface area contributed by atoms with Gasteiger partial charge in [-0.3, -0.25) is 4.79 Å². The van der Waals surface area contributed by atoms with Gasteiger partial charge in [0.15, 0.2) is 0 Å². The van der Waals surface area contributed by atoms with E-state index in [1.54, 1.807) is 17.4 Å². The number of carbonyl (C=O) groups excluding carboxylic acids is 1. The predicted octanol–water partition coefficient (Wildman–Crippen LogP) is 3.54. The van der Waals surface area contributed by atoms with Crippen LogP contribution in [0.5, 0.6) is 0 Å². The van der Waals surface area contributed by atoms with Crippen LogP contribution in [-0.2, 0) is 6.54 Å². The minimum absolute atomic E-state index is 0.0608. The second kappa shape index (κ2) is 7.47.